The third-order valence-corrected chi connectivity index (χ3v) is 8.11. The monoisotopic (exact) mass is 615 g/mol. The number of ether oxygens (including phenoxy) is 6. The van der Waals surface area contributed by atoms with E-state index in [1.807, 2.05) is 96.9 Å². The Balaban J connectivity index is 1.51. The predicted octanol–water partition coefficient (Wildman–Crippen LogP) is 5.60. The third kappa shape index (κ3) is 7.56. The summed E-state index contributed by atoms with van der Waals surface area (Å²) in [4.78, 5) is 26.3. The highest BCUT2D eigenvalue weighted by atomic mass is 16.6. The lowest BCUT2D eigenvalue weighted by atomic mass is 9.80. The van der Waals surface area contributed by atoms with Crippen molar-refractivity contribution in [2.75, 3.05) is 34.2 Å². The van der Waals surface area contributed by atoms with Crippen LogP contribution in [0.3, 0.4) is 0 Å². The molecule has 3 atom stereocenters. The fraction of sp³-hybridized carbons (Fsp3) is 0.389. The van der Waals surface area contributed by atoms with Crippen LogP contribution in [0.1, 0.15) is 49.8 Å². The minimum Gasteiger partial charge on any atom is -0.497 e. The molecule has 9 nitrogen and oxygen atoms in total. The standard InChI is InChI=1S/C36H41NO8/c1-25-21-37(24-42-22-25)34-20-32(45-35(39)19-10-26(2)38)33(44-34)23-43-36(27-8-6-5-7-9-27,28-11-15-30(40-3)16-12-28)29-13-17-31(41-4)18-14-29/h5-9,11-18,21,32-34H,10,19-20,22-24H2,1-4H3/t32-,33-,34-/m1/s1. The minimum atomic E-state index is -1.06. The highest BCUT2D eigenvalue weighted by Gasteiger charge is 2.44. The Kier molecular flexibility index (Phi) is 10.5. The fourth-order valence-electron chi connectivity index (χ4n) is 5.80. The van der Waals surface area contributed by atoms with Gasteiger partial charge in [-0.2, -0.15) is 0 Å². The SMILES string of the molecule is COc1ccc(C(OC[C@H]2O[C@@H](N3C=C(C)COC3)C[C@H]2OC(=O)CCC(C)=O)(c2ccccc2)c2ccc(OC)cc2)cc1. The number of benzene rings is 3. The van der Waals surface area contributed by atoms with E-state index in [-0.39, 0.29) is 31.5 Å². The third-order valence-electron chi connectivity index (χ3n) is 8.11. The van der Waals surface area contributed by atoms with Gasteiger partial charge in [0.2, 0.25) is 0 Å². The van der Waals surface area contributed by atoms with E-state index < -0.39 is 23.8 Å². The number of rotatable bonds is 13. The van der Waals surface area contributed by atoms with Crippen LogP contribution in [0.5, 0.6) is 11.5 Å². The van der Waals surface area contributed by atoms with Crippen molar-refractivity contribution in [3.63, 3.8) is 0 Å². The number of hydrogen-bond acceptors (Lipinski definition) is 9. The first-order valence-corrected chi connectivity index (χ1v) is 15.2. The van der Waals surface area contributed by atoms with E-state index in [4.69, 9.17) is 28.4 Å². The molecule has 9 heteroatoms. The van der Waals surface area contributed by atoms with E-state index in [0.29, 0.717) is 19.8 Å². The number of ketones is 1. The fourth-order valence-corrected chi connectivity index (χ4v) is 5.80. The first kappa shape index (κ1) is 32.2. The van der Waals surface area contributed by atoms with Gasteiger partial charge >= 0.3 is 5.97 Å². The zero-order valence-corrected chi connectivity index (χ0v) is 26.3. The van der Waals surface area contributed by atoms with Crippen LogP contribution >= 0.6 is 0 Å². The maximum absolute atomic E-state index is 12.8. The lowest BCUT2D eigenvalue weighted by Gasteiger charge is -2.37. The van der Waals surface area contributed by atoms with E-state index in [0.717, 1.165) is 33.8 Å². The second-order valence-corrected chi connectivity index (χ2v) is 11.4. The Morgan fingerprint density at radius 3 is 2.02 bits per heavy atom. The molecule has 2 aliphatic rings. The summed E-state index contributed by atoms with van der Waals surface area (Å²) < 4.78 is 36.2. The Bertz CT molecular complexity index is 1410. The minimum absolute atomic E-state index is 0.0154. The number of nitrogens with zero attached hydrogens (tertiary/aromatic N) is 1. The average molecular weight is 616 g/mol. The average Bonchev–Trinajstić information content (AvgIpc) is 3.47. The molecule has 45 heavy (non-hydrogen) atoms. The Labute approximate surface area is 264 Å². The van der Waals surface area contributed by atoms with Crippen LogP contribution in [-0.2, 0) is 34.1 Å². The summed E-state index contributed by atoms with van der Waals surface area (Å²) in [6.45, 7) is 4.49. The van der Waals surface area contributed by atoms with Gasteiger partial charge in [-0.3, -0.25) is 4.79 Å². The summed E-state index contributed by atoms with van der Waals surface area (Å²) in [5.41, 5.74) is 2.68. The Hall–Kier alpha value is -4.18. The molecular formula is C36H41NO8. The number of methoxy groups -OCH3 is 2. The van der Waals surface area contributed by atoms with Crippen LogP contribution in [0.2, 0.25) is 0 Å². The van der Waals surface area contributed by atoms with Gasteiger partial charge in [0.15, 0.2) is 0 Å². The summed E-state index contributed by atoms with van der Waals surface area (Å²) in [6.07, 6.45) is 1.03. The van der Waals surface area contributed by atoms with Crippen LogP contribution in [0.15, 0.2) is 90.6 Å². The van der Waals surface area contributed by atoms with E-state index >= 15 is 0 Å². The normalized spacial score (nSPS) is 20.0. The van der Waals surface area contributed by atoms with Gasteiger partial charge in [-0.05, 0) is 60.4 Å². The number of esters is 1. The maximum Gasteiger partial charge on any atom is 0.306 e. The van der Waals surface area contributed by atoms with Crippen LogP contribution in [-0.4, -0.2) is 69.3 Å². The first-order chi connectivity index (χ1) is 21.8. The molecule has 0 aliphatic carbocycles. The predicted molar refractivity (Wildman–Crippen MR) is 168 cm³/mol. The smallest absolute Gasteiger partial charge is 0.306 e. The topological polar surface area (TPSA) is 92.8 Å². The summed E-state index contributed by atoms with van der Waals surface area (Å²) in [7, 11) is 3.27. The molecule has 2 heterocycles. The van der Waals surface area contributed by atoms with Gasteiger partial charge in [0, 0.05) is 19.0 Å². The number of carbonyl (C=O) groups is 2. The van der Waals surface area contributed by atoms with E-state index in [9.17, 15) is 9.59 Å². The molecular weight excluding hydrogens is 574 g/mol. The lowest BCUT2D eigenvalue weighted by molar-refractivity contribution is -0.158. The molecule has 1 saturated heterocycles. The molecule has 3 aromatic rings. The quantitative estimate of drug-likeness (QED) is 0.180. The summed E-state index contributed by atoms with van der Waals surface area (Å²) in [5, 5.41) is 0. The van der Waals surface area contributed by atoms with Crippen molar-refractivity contribution in [3.8, 4) is 11.5 Å². The van der Waals surface area contributed by atoms with E-state index in [1.54, 1.807) is 14.2 Å². The summed E-state index contributed by atoms with van der Waals surface area (Å²) in [5.74, 6) is 0.944. The second kappa shape index (κ2) is 14.7. The van der Waals surface area contributed by atoms with Gasteiger partial charge in [-0.15, -0.1) is 0 Å². The van der Waals surface area contributed by atoms with Crippen molar-refractivity contribution >= 4 is 11.8 Å². The number of Topliss-reactive ketones (excluding diaryl/α,β-unsaturated/α-hetero) is 1. The van der Waals surface area contributed by atoms with Crippen molar-refractivity contribution in [3.05, 3.63) is 107 Å². The Morgan fingerprint density at radius 2 is 1.47 bits per heavy atom. The summed E-state index contributed by atoms with van der Waals surface area (Å²) in [6, 6.07) is 25.6. The highest BCUT2D eigenvalue weighted by molar-refractivity contribution is 5.81. The van der Waals surface area contributed by atoms with E-state index in [2.05, 4.69) is 0 Å². The largest absolute Gasteiger partial charge is 0.497 e. The zero-order valence-electron chi connectivity index (χ0n) is 26.3. The van der Waals surface area contributed by atoms with Gasteiger partial charge in [0.25, 0.3) is 0 Å². The first-order valence-electron chi connectivity index (χ1n) is 15.2. The summed E-state index contributed by atoms with van der Waals surface area (Å²) >= 11 is 0. The second-order valence-electron chi connectivity index (χ2n) is 11.4. The number of carbonyl (C=O) groups excluding carboxylic acids is 2. The van der Waals surface area contributed by atoms with Gasteiger partial charge in [0.1, 0.15) is 48.0 Å². The molecule has 0 saturated carbocycles. The maximum atomic E-state index is 12.8. The van der Waals surface area contributed by atoms with Crippen LogP contribution < -0.4 is 9.47 Å². The van der Waals surface area contributed by atoms with Crippen molar-refractivity contribution in [1.29, 1.82) is 0 Å². The molecule has 0 spiro atoms. The molecule has 0 bridgehead atoms. The highest BCUT2D eigenvalue weighted by Crippen LogP contribution is 2.42. The van der Waals surface area contributed by atoms with Gasteiger partial charge in [-0.1, -0.05) is 54.6 Å². The molecule has 1 fully saturated rings. The van der Waals surface area contributed by atoms with Crippen molar-refractivity contribution in [2.24, 2.45) is 0 Å². The van der Waals surface area contributed by atoms with E-state index in [1.165, 1.54) is 6.92 Å². The Morgan fingerprint density at radius 1 is 0.867 bits per heavy atom. The number of hydrogen-bond donors (Lipinski definition) is 0. The molecule has 5 rings (SSSR count). The van der Waals surface area contributed by atoms with Crippen molar-refractivity contribution < 1.29 is 38.0 Å². The van der Waals surface area contributed by atoms with Crippen molar-refractivity contribution in [2.45, 2.75) is 57.1 Å². The van der Waals surface area contributed by atoms with Gasteiger partial charge in [0.05, 0.1) is 33.9 Å². The molecule has 238 valence electrons. The molecule has 0 unspecified atom stereocenters. The molecule has 0 amide bonds. The van der Waals surface area contributed by atoms with Crippen molar-refractivity contribution in [1.82, 2.24) is 4.90 Å². The van der Waals surface area contributed by atoms with Crippen LogP contribution in [0.25, 0.3) is 0 Å². The van der Waals surface area contributed by atoms with Gasteiger partial charge < -0.3 is 38.1 Å². The van der Waals surface area contributed by atoms with Crippen LogP contribution in [0, 0.1) is 0 Å². The molecule has 0 N–H and O–H groups in total. The molecule has 3 aromatic carbocycles. The van der Waals surface area contributed by atoms with Crippen LogP contribution in [0.4, 0.5) is 0 Å². The van der Waals surface area contributed by atoms with Gasteiger partial charge in [-0.25, -0.2) is 0 Å². The molecule has 0 radical (unpaired) electrons. The lowest BCUT2D eigenvalue weighted by Crippen LogP contribution is -2.39. The zero-order chi connectivity index (χ0) is 31.8. The molecule has 2 aliphatic heterocycles. The molecule has 0 aromatic heterocycles.